The van der Waals surface area contributed by atoms with E-state index in [0.29, 0.717) is 12.8 Å². The normalized spacial score (nSPS) is 20.9. The maximum atomic E-state index is 12.3. The van der Waals surface area contributed by atoms with Crippen molar-refractivity contribution >= 4 is 5.78 Å². The molecule has 0 unspecified atom stereocenters. The first-order chi connectivity index (χ1) is 14.7. The van der Waals surface area contributed by atoms with E-state index >= 15 is 0 Å². The highest BCUT2D eigenvalue weighted by molar-refractivity contribution is 5.90. The van der Waals surface area contributed by atoms with Crippen LogP contribution in [0, 0.1) is 5.92 Å². The number of carbonyl (C=O) groups excluding carboxylic acids is 1. The predicted octanol–water partition coefficient (Wildman–Crippen LogP) is 6.30. The zero-order valence-corrected chi connectivity index (χ0v) is 17.7. The van der Waals surface area contributed by atoms with Crippen molar-refractivity contribution in [3.05, 3.63) is 88.7 Å². The SMILES string of the molecule is CC1CCC(c2ccc(Cc3cc4c(cn3)CC(=O)Cc3ccccc3-4)cc2)CC1. The second-order valence-corrected chi connectivity index (χ2v) is 9.26. The molecule has 3 aromatic rings. The molecular weight excluding hydrogens is 366 g/mol. The Bertz CT molecular complexity index is 1060. The molecule has 1 heterocycles. The fourth-order valence-electron chi connectivity index (χ4n) is 5.15. The minimum Gasteiger partial charge on any atom is -0.299 e. The van der Waals surface area contributed by atoms with Crippen LogP contribution in [0.3, 0.4) is 0 Å². The number of aromatic nitrogens is 1. The zero-order valence-electron chi connectivity index (χ0n) is 17.7. The summed E-state index contributed by atoms with van der Waals surface area (Å²) in [7, 11) is 0. The molecule has 1 saturated carbocycles. The molecule has 152 valence electrons. The zero-order chi connectivity index (χ0) is 20.5. The van der Waals surface area contributed by atoms with Gasteiger partial charge in [-0.2, -0.15) is 0 Å². The number of hydrogen-bond donors (Lipinski definition) is 0. The lowest BCUT2D eigenvalue weighted by Crippen LogP contribution is -2.10. The van der Waals surface area contributed by atoms with Crippen LogP contribution in [-0.2, 0) is 24.1 Å². The first kappa shape index (κ1) is 19.2. The summed E-state index contributed by atoms with van der Waals surface area (Å²) >= 11 is 0. The van der Waals surface area contributed by atoms with Gasteiger partial charge in [-0.1, -0.05) is 68.3 Å². The molecule has 2 aliphatic rings. The molecule has 30 heavy (non-hydrogen) atoms. The standard InChI is InChI=1S/C28H29NO/c1-19-6-10-21(11-7-19)22-12-8-20(9-13-22)14-25-17-28-24(18-29-25)16-26(30)15-23-4-2-3-5-27(23)28/h2-5,8-9,12-13,17-19,21H,6-7,10-11,14-16H2,1H3. The number of nitrogens with zero attached hydrogens (tertiary/aromatic N) is 1. The van der Waals surface area contributed by atoms with Crippen LogP contribution < -0.4 is 0 Å². The quantitative estimate of drug-likeness (QED) is 0.521. The third kappa shape index (κ3) is 3.96. The van der Waals surface area contributed by atoms with Crippen LogP contribution in [0.15, 0.2) is 60.8 Å². The summed E-state index contributed by atoms with van der Waals surface area (Å²) in [5, 5.41) is 0. The van der Waals surface area contributed by atoms with Gasteiger partial charge in [0.15, 0.2) is 0 Å². The lowest BCUT2D eigenvalue weighted by atomic mass is 9.79. The number of Topliss-reactive ketones (excluding diaryl/α,β-unsaturated/α-hetero) is 1. The highest BCUT2D eigenvalue weighted by Crippen LogP contribution is 2.36. The van der Waals surface area contributed by atoms with E-state index in [2.05, 4.69) is 55.5 Å². The minimum atomic E-state index is 0.267. The van der Waals surface area contributed by atoms with E-state index in [1.165, 1.54) is 47.9 Å². The molecule has 2 heteroatoms. The number of carbonyl (C=O) groups is 1. The summed E-state index contributed by atoms with van der Waals surface area (Å²) < 4.78 is 0. The van der Waals surface area contributed by atoms with E-state index in [-0.39, 0.29) is 5.78 Å². The summed E-state index contributed by atoms with van der Waals surface area (Å²) in [6.45, 7) is 2.38. The fourth-order valence-corrected chi connectivity index (χ4v) is 5.15. The molecule has 1 fully saturated rings. The fraction of sp³-hybridized carbons (Fsp3) is 0.357. The maximum Gasteiger partial charge on any atom is 0.141 e. The average Bonchev–Trinajstić information content (AvgIpc) is 2.90. The Morgan fingerprint density at radius 1 is 0.867 bits per heavy atom. The first-order valence-corrected chi connectivity index (χ1v) is 11.3. The van der Waals surface area contributed by atoms with Crippen molar-refractivity contribution in [1.29, 1.82) is 0 Å². The van der Waals surface area contributed by atoms with Crippen molar-refractivity contribution in [2.45, 2.75) is 57.8 Å². The van der Waals surface area contributed by atoms with Gasteiger partial charge in [0, 0.05) is 31.2 Å². The Hall–Kier alpha value is -2.74. The van der Waals surface area contributed by atoms with Crippen molar-refractivity contribution in [2.24, 2.45) is 5.92 Å². The molecule has 0 amide bonds. The lowest BCUT2D eigenvalue weighted by molar-refractivity contribution is -0.117. The van der Waals surface area contributed by atoms with Crippen LogP contribution >= 0.6 is 0 Å². The highest BCUT2D eigenvalue weighted by Gasteiger charge is 2.21. The van der Waals surface area contributed by atoms with Crippen molar-refractivity contribution in [1.82, 2.24) is 4.98 Å². The number of rotatable bonds is 3. The van der Waals surface area contributed by atoms with E-state index in [1.54, 1.807) is 0 Å². The van der Waals surface area contributed by atoms with Crippen LogP contribution in [-0.4, -0.2) is 10.8 Å². The largest absolute Gasteiger partial charge is 0.299 e. The van der Waals surface area contributed by atoms with Gasteiger partial charge in [0.1, 0.15) is 5.78 Å². The monoisotopic (exact) mass is 395 g/mol. The number of ketones is 1. The van der Waals surface area contributed by atoms with E-state index in [9.17, 15) is 4.79 Å². The topological polar surface area (TPSA) is 30.0 Å². The van der Waals surface area contributed by atoms with Gasteiger partial charge in [0.2, 0.25) is 0 Å². The van der Waals surface area contributed by atoms with Crippen molar-refractivity contribution in [3.8, 4) is 11.1 Å². The molecular formula is C28H29NO. The molecule has 5 rings (SSSR count). The molecule has 0 radical (unpaired) electrons. The van der Waals surface area contributed by atoms with Gasteiger partial charge >= 0.3 is 0 Å². The third-order valence-electron chi connectivity index (χ3n) is 6.98. The summed E-state index contributed by atoms with van der Waals surface area (Å²) in [6.07, 6.45) is 9.10. The number of pyridine rings is 1. The van der Waals surface area contributed by atoms with E-state index in [1.807, 2.05) is 12.3 Å². The molecule has 2 nitrogen and oxygen atoms in total. The van der Waals surface area contributed by atoms with Crippen LogP contribution in [0.4, 0.5) is 0 Å². The molecule has 0 atom stereocenters. The Morgan fingerprint density at radius 3 is 2.40 bits per heavy atom. The molecule has 0 N–H and O–H groups in total. The Kier molecular flexibility index (Phi) is 5.25. The van der Waals surface area contributed by atoms with Crippen molar-refractivity contribution in [2.75, 3.05) is 0 Å². The number of hydrogen-bond acceptors (Lipinski definition) is 2. The summed E-state index contributed by atoms with van der Waals surface area (Å²) in [6, 6.07) is 19.7. The lowest BCUT2D eigenvalue weighted by Gasteiger charge is -2.26. The Labute approximate surface area is 179 Å². The molecule has 0 aliphatic heterocycles. The van der Waals surface area contributed by atoms with Crippen LogP contribution in [0.1, 0.15) is 66.5 Å². The molecule has 2 aromatic carbocycles. The summed E-state index contributed by atoms with van der Waals surface area (Å²) in [4.78, 5) is 17.0. The molecule has 2 aliphatic carbocycles. The van der Waals surface area contributed by atoms with Crippen LogP contribution in [0.5, 0.6) is 0 Å². The van der Waals surface area contributed by atoms with Gasteiger partial charge in [-0.15, -0.1) is 0 Å². The maximum absolute atomic E-state index is 12.3. The van der Waals surface area contributed by atoms with E-state index in [0.717, 1.165) is 35.1 Å². The van der Waals surface area contributed by atoms with Gasteiger partial charge in [0.25, 0.3) is 0 Å². The first-order valence-electron chi connectivity index (χ1n) is 11.3. The van der Waals surface area contributed by atoms with Crippen LogP contribution in [0.25, 0.3) is 11.1 Å². The van der Waals surface area contributed by atoms with Gasteiger partial charge in [-0.25, -0.2) is 0 Å². The summed E-state index contributed by atoms with van der Waals surface area (Å²) in [5.41, 5.74) is 8.40. The third-order valence-corrected chi connectivity index (χ3v) is 6.98. The average molecular weight is 396 g/mol. The molecule has 0 saturated heterocycles. The number of benzene rings is 2. The van der Waals surface area contributed by atoms with Crippen molar-refractivity contribution < 1.29 is 4.79 Å². The van der Waals surface area contributed by atoms with Gasteiger partial charge in [-0.05, 0) is 64.1 Å². The van der Waals surface area contributed by atoms with E-state index in [4.69, 9.17) is 4.98 Å². The van der Waals surface area contributed by atoms with Crippen molar-refractivity contribution in [3.63, 3.8) is 0 Å². The van der Waals surface area contributed by atoms with Gasteiger partial charge in [-0.3, -0.25) is 9.78 Å². The minimum absolute atomic E-state index is 0.267. The molecule has 0 bridgehead atoms. The smallest absolute Gasteiger partial charge is 0.141 e. The summed E-state index contributed by atoms with van der Waals surface area (Å²) in [5.74, 6) is 1.89. The number of fused-ring (bicyclic) bond motifs is 3. The van der Waals surface area contributed by atoms with Gasteiger partial charge in [0.05, 0.1) is 0 Å². The Balaban J connectivity index is 1.38. The second kappa shape index (κ2) is 8.18. The highest BCUT2D eigenvalue weighted by atomic mass is 16.1. The molecule has 0 spiro atoms. The Morgan fingerprint density at radius 2 is 1.60 bits per heavy atom. The molecule has 1 aromatic heterocycles. The second-order valence-electron chi connectivity index (χ2n) is 9.26. The predicted molar refractivity (Wildman–Crippen MR) is 122 cm³/mol. The van der Waals surface area contributed by atoms with Crippen LogP contribution in [0.2, 0.25) is 0 Å². The van der Waals surface area contributed by atoms with Gasteiger partial charge < -0.3 is 0 Å². The van der Waals surface area contributed by atoms with E-state index < -0.39 is 0 Å².